The molecular weight excluding hydrogens is 328 g/mol. The molecule has 0 saturated heterocycles. The van der Waals surface area contributed by atoms with E-state index in [1.165, 1.54) is 35.1 Å². The second-order valence-corrected chi connectivity index (χ2v) is 9.28. The average molecular weight is 352 g/mol. The Morgan fingerprint density at radius 2 is 1.68 bits per heavy atom. The lowest BCUT2D eigenvalue weighted by molar-refractivity contribution is -0.130. The second kappa shape index (κ2) is 6.04. The van der Waals surface area contributed by atoms with Crippen molar-refractivity contribution in [1.82, 2.24) is 0 Å². The quantitative estimate of drug-likeness (QED) is 0.687. The van der Waals surface area contributed by atoms with Crippen molar-refractivity contribution in [3.63, 3.8) is 0 Å². The molecule has 3 heteroatoms. The molecule has 0 unspecified atom stereocenters. The molecule has 0 fully saturated rings. The van der Waals surface area contributed by atoms with Crippen molar-refractivity contribution in [2.24, 2.45) is 0 Å². The van der Waals surface area contributed by atoms with Gasteiger partial charge in [-0.2, -0.15) is 0 Å². The minimum Gasteiger partial charge on any atom is -0.472 e. The third-order valence-corrected chi connectivity index (χ3v) is 6.40. The van der Waals surface area contributed by atoms with Gasteiger partial charge in [-0.25, -0.2) is 4.79 Å². The van der Waals surface area contributed by atoms with Crippen molar-refractivity contribution < 1.29 is 9.90 Å². The zero-order chi connectivity index (χ0) is 18.4. The normalized spacial score (nSPS) is 17.3. The number of thiophene rings is 1. The average Bonchev–Trinajstić information content (AvgIpc) is 2.98. The lowest BCUT2D eigenvalue weighted by Gasteiger charge is -2.42. The number of carboxylic acids is 1. The third-order valence-electron chi connectivity index (χ3n) is 5.36. The van der Waals surface area contributed by atoms with Gasteiger partial charge in [0.25, 0.3) is 0 Å². The van der Waals surface area contributed by atoms with Gasteiger partial charge < -0.3 is 5.11 Å². The summed E-state index contributed by atoms with van der Waals surface area (Å²) in [7, 11) is 0. The molecule has 1 aromatic heterocycles. The number of aliphatic carboxylic acids is 1. The van der Waals surface area contributed by atoms with Crippen LogP contribution in [-0.4, -0.2) is 11.1 Å². The molecule has 130 valence electrons. The largest absolute Gasteiger partial charge is 0.472 e. The third kappa shape index (κ3) is 3.37. The van der Waals surface area contributed by atoms with Crippen molar-refractivity contribution in [1.29, 1.82) is 0 Å². The zero-order valence-corrected chi connectivity index (χ0v) is 16.3. The molecule has 1 N–H and O–H groups in total. The van der Waals surface area contributed by atoms with E-state index in [1.807, 2.05) is 12.1 Å². The molecule has 0 amide bonds. The Balaban J connectivity index is 2.11. The van der Waals surface area contributed by atoms with Gasteiger partial charge in [0.05, 0.1) is 4.88 Å². The Kier molecular flexibility index (Phi) is 4.29. The number of carboxylic acid groups (broad SMARTS) is 1. The topological polar surface area (TPSA) is 37.3 Å². The van der Waals surface area contributed by atoms with Crippen LogP contribution in [0.2, 0.25) is 0 Å². The lowest BCUT2D eigenvalue weighted by Crippen LogP contribution is -2.34. The van der Waals surface area contributed by atoms with Crippen LogP contribution in [0.1, 0.15) is 62.1 Å². The molecule has 0 radical (unpaired) electrons. The molecule has 1 heterocycles. The van der Waals surface area contributed by atoms with Gasteiger partial charge in [0.2, 0.25) is 0 Å². The van der Waals surface area contributed by atoms with E-state index in [0.29, 0.717) is 0 Å². The van der Waals surface area contributed by atoms with E-state index >= 15 is 0 Å². The standard InChI is InChI=1S/C22H24O2S/c1-14-12-17-18(22(4,5)11-10-21(17,2)3)13-16(14)19-8-6-15(25-19)7-9-20(23)24/h6,8,12-13H,10-11H2,1-5H3,(H,23,24). The molecule has 2 aromatic rings. The predicted molar refractivity (Wildman–Crippen MR) is 104 cm³/mol. The van der Waals surface area contributed by atoms with Crippen molar-refractivity contribution in [3.05, 3.63) is 45.8 Å². The van der Waals surface area contributed by atoms with Crippen LogP contribution in [0.3, 0.4) is 0 Å². The molecule has 0 atom stereocenters. The number of carbonyl (C=O) groups is 1. The maximum Gasteiger partial charge on any atom is 0.382 e. The lowest BCUT2D eigenvalue weighted by atomic mass is 9.62. The summed E-state index contributed by atoms with van der Waals surface area (Å²) < 4.78 is 0. The fourth-order valence-electron chi connectivity index (χ4n) is 3.65. The van der Waals surface area contributed by atoms with E-state index in [4.69, 9.17) is 5.11 Å². The summed E-state index contributed by atoms with van der Waals surface area (Å²) in [5.74, 6) is 3.81. The summed E-state index contributed by atoms with van der Waals surface area (Å²) in [6.45, 7) is 11.5. The summed E-state index contributed by atoms with van der Waals surface area (Å²) in [5, 5.41) is 8.71. The highest BCUT2D eigenvalue weighted by molar-refractivity contribution is 7.16. The van der Waals surface area contributed by atoms with Gasteiger partial charge >= 0.3 is 5.97 Å². The van der Waals surface area contributed by atoms with Crippen LogP contribution in [0, 0.1) is 18.8 Å². The van der Waals surface area contributed by atoms with Gasteiger partial charge in [0.15, 0.2) is 0 Å². The zero-order valence-electron chi connectivity index (χ0n) is 15.5. The van der Waals surface area contributed by atoms with Crippen LogP contribution in [-0.2, 0) is 15.6 Å². The number of benzene rings is 1. The number of rotatable bonds is 1. The fourth-order valence-corrected chi connectivity index (χ4v) is 4.59. The highest BCUT2D eigenvalue weighted by Crippen LogP contribution is 2.48. The summed E-state index contributed by atoms with van der Waals surface area (Å²) in [6.07, 6.45) is 2.40. The second-order valence-electron chi connectivity index (χ2n) is 8.20. The predicted octanol–water partition coefficient (Wildman–Crippen LogP) is 5.51. The first-order valence-electron chi connectivity index (χ1n) is 8.61. The van der Waals surface area contributed by atoms with Crippen molar-refractivity contribution >= 4 is 17.3 Å². The maximum absolute atomic E-state index is 10.6. The first-order chi connectivity index (χ1) is 11.6. The molecule has 25 heavy (non-hydrogen) atoms. The molecule has 3 rings (SSSR count). The van der Waals surface area contributed by atoms with Crippen LogP contribution in [0.5, 0.6) is 0 Å². The smallest absolute Gasteiger partial charge is 0.382 e. The Bertz CT molecular complexity index is 904. The summed E-state index contributed by atoms with van der Waals surface area (Å²) in [6, 6.07) is 8.66. The van der Waals surface area contributed by atoms with Gasteiger partial charge in [0.1, 0.15) is 0 Å². The molecule has 0 saturated carbocycles. The van der Waals surface area contributed by atoms with Crippen LogP contribution in [0.25, 0.3) is 10.4 Å². The molecule has 1 aromatic carbocycles. The molecule has 0 bridgehead atoms. The minimum absolute atomic E-state index is 0.177. The van der Waals surface area contributed by atoms with Crippen LogP contribution >= 0.6 is 11.3 Å². The van der Waals surface area contributed by atoms with Crippen LogP contribution in [0.4, 0.5) is 0 Å². The molecule has 0 spiro atoms. The van der Waals surface area contributed by atoms with Crippen LogP contribution in [0.15, 0.2) is 24.3 Å². The van der Waals surface area contributed by atoms with E-state index in [1.54, 1.807) is 11.3 Å². The first kappa shape index (κ1) is 17.8. The number of hydrogen-bond acceptors (Lipinski definition) is 2. The summed E-state index contributed by atoms with van der Waals surface area (Å²) in [4.78, 5) is 12.6. The van der Waals surface area contributed by atoms with Gasteiger partial charge in [-0.05, 0) is 77.0 Å². The van der Waals surface area contributed by atoms with E-state index < -0.39 is 5.97 Å². The molecule has 1 aliphatic carbocycles. The Morgan fingerprint density at radius 1 is 1.08 bits per heavy atom. The van der Waals surface area contributed by atoms with Gasteiger partial charge in [-0.3, -0.25) is 0 Å². The number of hydrogen-bond donors (Lipinski definition) is 1. The maximum atomic E-state index is 10.6. The monoisotopic (exact) mass is 352 g/mol. The molecular formula is C22H24O2S. The Labute approximate surface area is 153 Å². The van der Waals surface area contributed by atoms with E-state index in [2.05, 4.69) is 58.6 Å². The van der Waals surface area contributed by atoms with E-state index in [-0.39, 0.29) is 10.8 Å². The van der Waals surface area contributed by atoms with Gasteiger partial charge in [-0.15, -0.1) is 11.3 Å². The molecule has 1 aliphatic rings. The fraction of sp³-hybridized carbons (Fsp3) is 0.409. The Hall–Kier alpha value is -2.05. The number of aryl methyl sites for hydroxylation is 1. The highest BCUT2D eigenvalue weighted by Gasteiger charge is 2.37. The van der Waals surface area contributed by atoms with Crippen LogP contribution < -0.4 is 0 Å². The summed E-state index contributed by atoms with van der Waals surface area (Å²) >= 11 is 1.56. The molecule has 2 nitrogen and oxygen atoms in total. The first-order valence-corrected chi connectivity index (χ1v) is 9.42. The van der Waals surface area contributed by atoms with Crippen molar-refractivity contribution in [3.8, 4) is 22.3 Å². The summed E-state index contributed by atoms with van der Waals surface area (Å²) in [5.41, 5.74) is 5.79. The van der Waals surface area contributed by atoms with E-state index in [0.717, 1.165) is 9.75 Å². The van der Waals surface area contributed by atoms with E-state index in [9.17, 15) is 4.79 Å². The Morgan fingerprint density at radius 3 is 2.28 bits per heavy atom. The van der Waals surface area contributed by atoms with Gasteiger partial charge in [-0.1, -0.05) is 33.8 Å². The highest BCUT2D eigenvalue weighted by atomic mass is 32.1. The van der Waals surface area contributed by atoms with Gasteiger partial charge in [0, 0.05) is 10.8 Å². The number of fused-ring (bicyclic) bond motifs is 1. The molecule has 0 aliphatic heterocycles. The van der Waals surface area contributed by atoms with Crippen molar-refractivity contribution in [2.75, 3.05) is 0 Å². The van der Waals surface area contributed by atoms with Crippen molar-refractivity contribution in [2.45, 2.75) is 58.3 Å². The minimum atomic E-state index is -1.09. The SMILES string of the molecule is Cc1cc2c(cc1-c1ccc(C#CC(=O)O)s1)C(C)(C)CCC2(C)C.